The molecule has 5 heterocycles. The molecule has 2 aliphatic rings. The Morgan fingerprint density at radius 1 is 0.765 bits per heavy atom. The van der Waals surface area contributed by atoms with E-state index in [9.17, 15) is 5.11 Å². The van der Waals surface area contributed by atoms with Crippen LogP contribution in [-0.4, -0.2) is 78.6 Å². The lowest BCUT2D eigenvalue weighted by molar-refractivity contribution is 0.119. The molecule has 51 heavy (non-hydrogen) atoms. The first kappa shape index (κ1) is 42.4. The van der Waals surface area contributed by atoms with Gasteiger partial charge in [0.05, 0.1) is 35.2 Å². The number of aromatic nitrogens is 5. The third-order valence-corrected chi connectivity index (χ3v) is 8.45. The quantitative estimate of drug-likeness (QED) is 0.149. The van der Waals surface area contributed by atoms with Gasteiger partial charge in [-0.2, -0.15) is 10.5 Å². The molecule has 4 N–H and O–H groups in total. The predicted octanol–water partition coefficient (Wildman–Crippen LogP) is 6.32. The number of benzene rings is 2. The highest BCUT2D eigenvalue weighted by molar-refractivity contribution is 9.10. The van der Waals surface area contributed by atoms with Gasteiger partial charge in [0.1, 0.15) is 40.0 Å². The first-order valence-corrected chi connectivity index (χ1v) is 16.7. The number of aromatic hydroxyl groups is 1. The largest absolute Gasteiger partial charge is 0.506 e. The van der Waals surface area contributed by atoms with Gasteiger partial charge in [-0.3, -0.25) is 24.9 Å². The average Bonchev–Trinajstić information content (AvgIpc) is 3.08. The Morgan fingerprint density at radius 3 is 1.84 bits per heavy atom. The normalized spacial score (nSPS) is 19.1. The van der Waals surface area contributed by atoms with Crippen LogP contribution < -0.4 is 10.2 Å². The molecule has 3 aromatic heterocycles. The minimum absolute atomic E-state index is 0. The third-order valence-electron chi connectivity index (χ3n) is 7.81. The van der Waals surface area contributed by atoms with Crippen molar-refractivity contribution in [3.05, 3.63) is 88.7 Å². The van der Waals surface area contributed by atoms with Gasteiger partial charge < -0.3 is 25.5 Å². The average molecular weight is 759 g/mol. The number of pyridine rings is 1. The number of halogens is 1. The van der Waals surface area contributed by atoms with Gasteiger partial charge in [0.25, 0.3) is 0 Å². The van der Waals surface area contributed by atoms with E-state index < -0.39 is 0 Å². The second kappa shape index (κ2) is 20.8. The molecule has 2 unspecified atom stereocenters. The number of nitriles is 2. The molecule has 270 valence electrons. The van der Waals surface area contributed by atoms with Crippen LogP contribution in [0, 0.1) is 41.4 Å². The number of nitrogens with zero attached hydrogens (tertiary/aromatic N) is 8. The molecule has 0 spiro atoms. The number of hydrogen-bond acceptors (Lipinski definition) is 12. The summed E-state index contributed by atoms with van der Waals surface area (Å²) in [5.74, 6) is 1.31. The molecule has 0 bridgehead atoms. The summed E-state index contributed by atoms with van der Waals surface area (Å²) in [6, 6.07) is 13.1. The van der Waals surface area contributed by atoms with E-state index >= 15 is 0 Å². The van der Waals surface area contributed by atoms with Crippen molar-refractivity contribution < 1.29 is 15.3 Å². The standard InChI is InChI=1S/C15H16N4O.C9H4BrN3.C6H13NO.C6H7NO.2CH4/c1-10-6-12(20)9-19(8-10)13-3-2-11(7-16)14-15(13)18-5-4-17-14;10-7-2-1-6(5-11)8-9(7)13-4-3-12-8;2*1-5-2-6(8)4-7-3-5;;/h2-5,10,12,20H,6,8-9H2,1H3;1-4H;5-8H,2-4H2,1H3;2-4,8H,1H3;2*1H4/t10-,12+;;;;;/m0...../s1. The Balaban J connectivity index is 0.000000251. The van der Waals surface area contributed by atoms with Crippen LogP contribution in [0.5, 0.6) is 5.75 Å². The van der Waals surface area contributed by atoms with E-state index in [2.05, 4.69) is 77.1 Å². The monoisotopic (exact) mass is 757 g/mol. The molecular formula is C38H48BrN9O3. The van der Waals surface area contributed by atoms with E-state index in [1.165, 1.54) is 6.20 Å². The third kappa shape index (κ3) is 12.2. The van der Waals surface area contributed by atoms with Gasteiger partial charge in [-0.25, -0.2) is 0 Å². The van der Waals surface area contributed by atoms with Crippen LogP contribution in [0.1, 0.15) is 58.2 Å². The van der Waals surface area contributed by atoms with Crippen LogP contribution >= 0.6 is 15.9 Å². The molecule has 12 nitrogen and oxygen atoms in total. The second-order valence-corrected chi connectivity index (χ2v) is 13.1. The zero-order valence-corrected chi connectivity index (χ0v) is 29.3. The Kier molecular flexibility index (Phi) is 17.3. The van der Waals surface area contributed by atoms with Crippen LogP contribution in [-0.2, 0) is 0 Å². The summed E-state index contributed by atoms with van der Waals surface area (Å²) in [5, 5.41) is 48.8. The van der Waals surface area contributed by atoms with Crippen molar-refractivity contribution in [3.63, 3.8) is 0 Å². The van der Waals surface area contributed by atoms with Crippen molar-refractivity contribution >= 4 is 43.7 Å². The molecule has 0 radical (unpaired) electrons. The summed E-state index contributed by atoms with van der Waals surface area (Å²) in [6.45, 7) is 9.49. The van der Waals surface area contributed by atoms with Gasteiger partial charge in [0, 0.05) is 55.1 Å². The van der Waals surface area contributed by atoms with Crippen molar-refractivity contribution in [1.82, 2.24) is 30.2 Å². The van der Waals surface area contributed by atoms with E-state index in [0.29, 0.717) is 40.5 Å². The zero-order valence-electron chi connectivity index (χ0n) is 27.7. The topological polar surface area (TPSA) is 188 Å². The number of aryl methyl sites for hydroxylation is 1. The van der Waals surface area contributed by atoms with Crippen molar-refractivity contribution in [3.8, 4) is 17.9 Å². The first-order chi connectivity index (χ1) is 23.6. The van der Waals surface area contributed by atoms with E-state index in [1.54, 1.807) is 55.2 Å². The molecular weight excluding hydrogens is 710 g/mol. The van der Waals surface area contributed by atoms with Gasteiger partial charge in [0.15, 0.2) is 0 Å². The lowest BCUT2D eigenvalue weighted by Gasteiger charge is -2.36. The fourth-order valence-electron chi connectivity index (χ4n) is 5.68. The molecule has 2 aromatic carbocycles. The maximum Gasteiger partial charge on any atom is 0.134 e. The number of anilines is 1. The number of fused-ring (bicyclic) bond motifs is 2. The Morgan fingerprint density at radius 2 is 1.33 bits per heavy atom. The molecule has 0 saturated carbocycles. The van der Waals surface area contributed by atoms with Gasteiger partial charge in [-0.05, 0) is 90.0 Å². The van der Waals surface area contributed by atoms with E-state index in [0.717, 1.165) is 59.2 Å². The number of β-amino-alcohol motifs (C(OH)–C–C–N with tert-alkyl or cyclic N) is 2. The lowest BCUT2D eigenvalue weighted by Crippen LogP contribution is -2.42. The fraction of sp³-hybridized carbons (Fsp3) is 0.395. The number of aliphatic hydroxyl groups is 2. The van der Waals surface area contributed by atoms with Gasteiger partial charge in [-0.15, -0.1) is 0 Å². The molecule has 13 heteroatoms. The molecule has 2 saturated heterocycles. The van der Waals surface area contributed by atoms with Gasteiger partial charge in [-0.1, -0.05) is 28.7 Å². The molecule has 5 aromatic rings. The summed E-state index contributed by atoms with van der Waals surface area (Å²) in [4.78, 5) is 22.7. The first-order valence-electron chi connectivity index (χ1n) is 15.9. The summed E-state index contributed by atoms with van der Waals surface area (Å²) in [5.41, 5.74) is 5.71. The molecule has 2 fully saturated rings. The number of piperidine rings is 2. The number of hydrogen-bond donors (Lipinski definition) is 4. The molecule has 2 aliphatic heterocycles. The molecule has 0 aliphatic carbocycles. The SMILES string of the molecule is C.C.CC1CNCC(O)C1.C[C@H]1C[C@@H](O)CN(c2ccc(C#N)c3nccnc23)C1.Cc1cncc(O)c1.N#Cc1ccc(Br)c2nccnc12. The Bertz CT molecular complexity index is 1900. The van der Waals surface area contributed by atoms with E-state index in [4.69, 9.17) is 20.7 Å². The number of aliphatic hydroxyl groups excluding tert-OH is 2. The van der Waals surface area contributed by atoms with Gasteiger partial charge in [0.2, 0.25) is 0 Å². The lowest BCUT2D eigenvalue weighted by atomic mass is 9.97. The minimum Gasteiger partial charge on any atom is -0.506 e. The Hall–Kier alpha value is -4.79. The van der Waals surface area contributed by atoms with Crippen LogP contribution in [0.15, 0.2) is 72.0 Å². The maximum atomic E-state index is 9.95. The maximum absolute atomic E-state index is 9.95. The number of rotatable bonds is 1. The van der Waals surface area contributed by atoms with Crippen LogP contribution in [0.4, 0.5) is 5.69 Å². The molecule has 7 rings (SSSR count). The number of nitrogens with one attached hydrogen (secondary N) is 1. The summed E-state index contributed by atoms with van der Waals surface area (Å²) < 4.78 is 0.856. The van der Waals surface area contributed by atoms with Gasteiger partial charge >= 0.3 is 0 Å². The highest BCUT2D eigenvalue weighted by Crippen LogP contribution is 2.30. The van der Waals surface area contributed by atoms with Crippen molar-refractivity contribution in [2.75, 3.05) is 31.1 Å². The Labute approximate surface area is 309 Å². The van der Waals surface area contributed by atoms with E-state index in [1.807, 2.05) is 13.0 Å². The van der Waals surface area contributed by atoms with Crippen LogP contribution in [0.3, 0.4) is 0 Å². The summed E-state index contributed by atoms with van der Waals surface area (Å²) in [7, 11) is 0. The highest BCUT2D eigenvalue weighted by atomic mass is 79.9. The van der Waals surface area contributed by atoms with Crippen molar-refractivity contribution in [1.29, 1.82) is 10.5 Å². The van der Waals surface area contributed by atoms with Crippen LogP contribution in [0.2, 0.25) is 0 Å². The van der Waals surface area contributed by atoms with Crippen molar-refractivity contribution in [2.45, 2.75) is 60.7 Å². The summed E-state index contributed by atoms with van der Waals surface area (Å²) >= 11 is 3.35. The molecule has 0 amide bonds. The minimum atomic E-state index is -0.318. The smallest absolute Gasteiger partial charge is 0.134 e. The predicted molar refractivity (Wildman–Crippen MR) is 205 cm³/mol. The van der Waals surface area contributed by atoms with E-state index in [-0.39, 0.29) is 32.8 Å². The van der Waals surface area contributed by atoms with Crippen LogP contribution in [0.25, 0.3) is 22.1 Å². The zero-order chi connectivity index (χ0) is 35.3. The van der Waals surface area contributed by atoms with Crippen molar-refractivity contribution in [2.24, 2.45) is 11.8 Å². The molecule has 4 atom stereocenters. The second-order valence-electron chi connectivity index (χ2n) is 12.2. The summed E-state index contributed by atoms with van der Waals surface area (Å²) in [6.07, 6.45) is 10.9. The highest BCUT2D eigenvalue weighted by Gasteiger charge is 2.25. The fourth-order valence-corrected chi connectivity index (χ4v) is 6.11.